The van der Waals surface area contributed by atoms with E-state index in [9.17, 15) is 9.59 Å². The molecular weight excluding hydrogens is 388 g/mol. The van der Waals surface area contributed by atoms with Crippen LogP contribution in [-0.4, -0.2) is 18.5 Å². The van der Waals surface area contributed by atoms with E-state index in [0.29, 0.717) is 23.3 Å². The Bertz CT molecular complexity index is 1170. The van der Waals surface area contributed by atoms with Gasteiger partial charge in [-0.15, -0.1) is 0 Å². The van der Waals surface area contributed by atoms with E-state index < -0.39 is 11.9 Å². The summed E-state index contributed by atoms with van der Waals surface area (Å²) in [5.41, 5.74) is 8.73. The Kier molecular flexibility index (Phi) is 6.46. The summed E-state index contributed by atoms with van der Waals surface area (Å²) in [7, 11) is 0. The summed E-state index contributed by atoms with van der Waals surface area (Å²) in [5.74, 6) is 6.07. The van der Waals surface area contributed by atoms with Crippen molar-refractivity contribution < 1.29 is 19.1 Å². The molecule has 0 N–H and O–H groups in total. The van der Waals surface area contributed by atoms with Crippen LogP contribution in [0.3, 0.4) is 0 Å². The molecule has 0 fully saturated rings. The summed E-state index contributed by atoms with van der Waals surface area (Å²) >= 11 is 0. The average Bonchev–Trinajstić information content (AvgIpc) is 3.07. The molecule has 0 bridgehead atoms. The van der Waals surface area contributed by atoms with Gasteiger partial charge < -0.3 is 9.47 Å². The molecule has 4 nitrogen and oxygen atoms in total. The smallest absolute Gasteiger partial charge is 0.338 e. The van der Waals surface area contributed by atoms with E-state index in [-0.39, 0.29) is 6.61 Å². The van der Waals surface area contributed by atoms with E-state index in [1.807, 2.05) is 18.2 Å². The Labute approximate surface area is 183 Å². The van der Waals surface area contributed by atoms with Crippen LogP contribution in [0, 0.1) is 25.7 Å². The maximum Gasteiger partial charge on any atom is 0.338 e. The van der Waals surface area contributed by atoms with Crippen LogP contribution >= 0.6 is 0 Å². The Morgan fingerprint density at radius 3 is 2.42 bits per heavy atom. The number of aryl methyl sites for hydroxylation is 1. The van der Waals surface area contributed by atoms with Crippen LogP contribution in [0.5, 0.6) is 5.75 Å². The Balaban J connectivity index is 1.80. The number of hydrogen-bond donors (Lipinski definition) is 0. The maximum atomic E-state index is 11.8. The number of hydrogen-bond acceptors (Lipinski definition) is 4. The minimum absolute atomic E-state index is 0.249. The first-order valence-electron chi connectivity index (χ1n) is 10.1. The van der Waals surface area contributed by atoms with Crippen molar-refractivity contribution in [2.24, 2.45) is 0 Å². The number of esters is 2. The van der Waals surface area contributed by atoms with Crippen LogP contribution in [0.2, 0.25) is 0 Å². The van der Waals surface area contributed by atoms with Gasteiger partial charge in [0.25, 0.3) is 0 Å². The molecule has 0 spiro atoms. The molecule has 31 heavy (non-hydrogen) atoms. The van der Waals surface area contributed by atoms with Gasteiger partial charge in [-0.3, -0.25) is 0 Å². The van der Waals surface area contributed by atoms with Crippen molar-refractivity contribution in [3.63, 3.8) is 0 Å². The molecule has 1 aliphatic rings. The van der Waals surface area contributed by atoms with Gasteiger partial charge in [-0.1, -0.05) is 31.1 Å². The summed E-state index contributed by atoms with van der Waals surface area (Å²) in [6.07, 6.45) is 1.23. The maximum absolute atomic E-state index is 11.8. The molecule has 3 rings (SSSR count). The van der Waals surface area contributed by atoms with Gasteiger partial charge in [-0.2, -0.15) is 0 Å². The minimum Gasteiger partial charge on any atom is -0.461 e. The van der Waals surface area contributed by atoms with Crippen LogP contribution in [0.1, 0.15) is 48.1 Å². The molecule has 0 atom stereocenters. The highest BCUT2D eigenvalue weighted by Crippen LogP contribution is 2.41. The van der Waals surface area contributed by atoms with Crippen LogP contribution in [0.15, 0.2) is 48.6 Å². The molecule has 0 unspecified atom stereocenters. The van der Waals surface area contributed by atoms with E-state index in [0.717, 1.165) is 34.2 Å². The van der Waals surface area contributed by atoms with Crippen molar-refractivity contribution in [2.75, 3.05) is 6.61 Å². The monoisotopic (exact) mass is 414 g/mol. The van der Waals surface area contributed by atoms with Gasteiger partial charge in [0.1, 0.15) is 12.4 Å². The van der Waals surface area contributed by atoms with Crippen molar-refractivity contribution in [1.82, 2.24) is 0 Å². The van der Waals surface area contributed by atoms with Crippen LogP contribution < -0.4 is 4.74 Å². The van der Waals surface area contributed by atoms with Crippen LogP contribution in [-0.2, 0) is 20.7 Å². The highest BCUT2D eigenvalue weighted by molar-refractivity contribution is 5.89. The van der Waals surface area contributed by atoms with Gasteiger partial charge >= 0.3 is 11.9 Å². The third-order valence-electron chi connectivity index (χ3n) is 5.22. The fourth-order valence-corrected chi connectivity index (χ4v) is 3.58. The van der Waals surface area contributed by atoms with Gasteiger partial charge in [-0.05, 0) is 85.7 Å². The van der Waals surface area contributed by atoms with Crippen molar-refractivity contribution in [2.45, 2.75) is 40.5 Å². The topological polar surface area (TPSA) is 52.6 Å². The second-order valence-electron chi connectivity index (χ2n) is 7.85. The first-order valence-corrected chi connectivity index (χ1v) is 10.1. The zero-order valence-electron chi connectivity index (χ0n) is 18.5. The average molecular weight is 415 g/mol. The lowest BCUT2D eigenvalue weighted by Gasteiger charge is -2.11. The summed E-state index contributed by atoms with van der Waals surface area (Å²) in [6, 6.07) is 7.91. The third kappa shape index (κ3) is 4.78. The predicted molar refractivity (Wildman–Crippen MR) is 122 cm³/mol. The predicted octanol–water partition coefficient (Wildman–Crippen LogP) is 5.22. The summed E-state index contributed by atoms with van der Waals surface area (Å²) in [5, 5.41) is 0. The van der Waals surface area contributed by atoms with E-state index >= 15 is 0 Å². The van der Waals surface area contributed by atoms with Crippen molar-refractivity contribution in [3.05, 3.63) is 76.4 Å². The molecule has 4 heteroatoms. The second-order valence-corrected chi connectivity index (χ2v) is 7.85. The molecule has 2 aromatic rings. The van der Waals surface area contributed by atoms with Crippen molar-refractivity contribution in [1.29, 1.82) is 0 Å². The lowest BCUT2D eigenvalue weighted by molar-refractivity contribution is -0.138. The Morgan fingerprint density at radius 1 is 1.03 bits per heavy atom. The third-order valence-corrected chi connectivity index (χ3v) is 5.22. The van der Waals surface area contributed by atoms with Gasteiger partial charge in [0.15, 0.2) is 0 Å². The number of ether oxygens (including phenoxy) is 2. The zero-order valence-corrected chi connectivity index (χ0v) is 18.5. The molecule has 0 radical (unpaired) electrons. The summed E-state index contributed by atoms with van der Waals surface area (Å²) < 4.78 is 10.5. The number of rotatable bonds is 5. The number of carbonyl (C=O) groups excluding carboxylic acids is 2. The van der Waals surface area contributed by atoms with Gasteiger partial charge in [0.2, 0.25) is 0 Å². The van der Waals surface area contributed by atoms with E-state index in [4.69, 9.17) is 9.47 Å². The van der Waals surface area contributed by atoms with E-state index in [2.05, 4.69) is 44.9 Å². The summed E-state index contributed by atoms with van der Waals surface area (Å²) in [4.78, 5) is 23.3. The molecule has 0 saturated heterocycles. The highest BCUT2D eigenvalue weighted by atomic mass is 16.5. The molecule has 0 heterocycles. The first-order chi connectivity index (χ1) is 14.7. The lowest BCUT2D eigenvalue weighted by atomic mass is 9.93. The molecule has 158 valence electrons. The standard InChI is InChI=1S/C27H26O4/c1-16(2)26(28)30-12-8-7-9-22-18(5)13-25-23-11-10-21(31-27(29)17(3)4)14-20(23)15-24(25)19(22)6/h10-11,13-14H,1,3,8,12,15H2,2,4-6H3. The molecule has 2 aromatic carbocycles. The Morgan fingerprint density at radius 2 is 1.74 bits per heavy atom. The van der Waals surface area contributed by atoms with Gasteiger partial charge in [0, 0.05) is 23.1 Å². The van der Waals surface area contributed by atoms with Crippen molar-refractivity contribution in [3.8, 4) is 28.7 Å². The Hall–Kier alpha value is -3.58. The fraction of sp³-hybridized carbons (Fsp3) is 0.259. The number of carbonyl (C=O) groups is 2. The fourth-order valence-electron chi connectivity index (χ4n) is 3.58. The molecule has 0 saturated carbocycles. The van der Waals surface area contributed by atoms with Crippen LogP contribution in [0.4, 0.5) is 0 Å². The van der Waals surface area contributed by atoms with Gasteiger partial charge in [-0.25, -0.2) is 9.59 Å². The normalized spacial score (nSPS) is 11.0. The number of benzene rings is 2. The highest BCUT2D eigenvalue weighted by Gasteiger charge is 2.23. The van der Waals surface area contributed by atoms with Crippen molar-refractivity contribution >= 4 is 11.9 Å². The number of fused-ring (bicyclic) bond motifs is 3. The zero-order chi connectivity index (χ0) is 22.7. The molecule has 0 amide bonds. The largest absolute Gasteiger partial charge is 0.461 e. The molecule has 0 aromatic heterocycles. The molecular formula is C27H26O4. The lowest BCUT2D eigenvalue weighted by Crippen LogP contribution is -2.08. The second kappa shape index (κ2) is 9.06. The van der Waals surface area contributed by atoms with Crippen LogP contribution in [0.25, 0.3) is 11.1 Å². The summed E-state index contributed by atoms with van der Waals surface area (Å²) in [6.45, 7) is 14.8. The van der Waals surface area contributed by atoms with E-state index in [1.54, 1.807) is 13.8 Å². The SMILES string of the molecule is C=C(C)C(=O)OCCC#Cc1c(C)cc2c(c1C)Cc1cc(OC(=O)C(=C)C)ccc1-2. The molecule has 1 aliphatic carbocycles. The molecule has 0 aliphatic heterocycles. The quantitative estimate of drug-likeness (QED) is 0.189. The van der Waals surface area contributed by atoms with Gasteiger partial charge in [0.05, 0.1) is 0 Å². The first kappa shape index (κ1) is 22.1. The van der Waals surface area contributed by atoms with E-state index in [1.165, 1.54) is 11.1 Å². The minimum atomic E-state index is -0.422.